The molecule has 1 aliphatic rings. The van der Waals surface area contributed by atoms with Crippen LogP contribution in [0.1, 0.15) is 25.0 Å². The summed E-state index contributed by atoms with van der Waals surface area (Å²) in [5, 5.41) is 16.5. The van der Waals surface area contributed by atoms with Crippen LogP contribution in [0.2, 0.25) is 0 Å². The Morgan fingerprint density at radius 3 is 2.68 bits per heavy atom. The first-order valence-electron chi connectivity index (χ1n) is 9.05. The van der Waals surface area contributed by atoms with Crippen LogP contribution in [0.15, 0.2) is 47.5 Å². The maximum absolute atomic E-state index is 13.8. The van der Waals surface area contributed by atoms with Crippen molar-refractivity contribution in [2.75, 3.05) is 31.6 Å². The molecule has 3 rings (SSSR count). The molecule has 28 heavy (non-hydrogen) atoms. The Hall–Kier alpha value is -2.07. The lowest BCUT2D eigenvalue weighted by Gasteiger charge is -2.15. The normalized spacial score (nSPS) is 14.5. The van der Waals surface area contributed by atoms with Crippen molar-refractivity contribution in [2.45, 2.75) is 19.4 Å². The summed E-state index contributed by atoms with van der Waals surface area (Å²) in [5.74, 6) is 1.44. The number of halogens is 2. The smallest absolute Gasteiger partial charge is 0.195 e. The highest BCUT2D eigenvalue weighted by molar-refractivity contribution is 14.0. The number of rotatable bonds is 5. The maximum atomic E-state index is 13.8. The number of benzene rings is 2. The predicted molar refractivity (Wildman–Crippen MR) is 118 cm³/mol. The minimum Gasteiger partial charge on any atom is -0.490 e. The Morgan fingerprint density at radius 1 is 1.18 bits per heavy atom. The Balaban J connectivity index is 0.00000280. The SMILES string of the molecule is CCNC(=NCC(O)c1ccccc1F)Nc1ccc2c(c1)OCCCO2.I. The van der Waals surface area contributed by atoms with Crippen LogP contribution in [0.4, 0.5) is 10.1 Å². The van der Waals surface area contributed by atoms with Gasteiger partial charge in [-0.1, -0.05) is 18.2 Å². The number of anilines is 1. The fraction of sp³-hybridized carbons (Fsp3) is 0.350. The summed E-state index contributed by atoms with van der Waals surface area (Å²) in [6.07, 6.45) is -0.180. The van der Waals surface area contributed by atoms with Gasteiger partial charge in [0.25, 0.3) is 0 Å². The molecule has 0 spiro atoms. The highest BCUT2D eigenvalue weighted by Crippen LogP contribution is 2.32. The van der Waals surface area contributed by atoms with Crippen molar-refractivity contribution in [3.05, 3.63) is 53.8 Å². The van der Waals surface area contributed by atoms with Crippen molar-refractivity contribution in [1.29, 1.82) is 0 Å². The van der Waals surface area contributed by atoms with Crippen molar-refractivity contribution in [1.82, 2.24) is 5.32 Å². The van der Waals surface area contributed by atoms with E-state index in [1.165, 1.54) is 6.07 Å². The first-order chi connectivity index (χ1) is 13.2. The second-order valence-electron chi connectivity index (χ2n) is 6.09. The van der Waals surface area contributed by atoms with E-state index in [4.69, 9.17) is 9.47 Å². The monoisotopic (exact) mass is 501 g/mol. The zero-order valence-corrected chi connectivity index (χ0v) is 18.0. The van der Waals surface area contributed by atoms with Gasteiger partial charge in [-0.2, -0.15) is 0 Å². The molecule has 0 saturated carbocycles. The van der Waals surface area contributed by atoms with Crippen LogP contribution in [-0.2, 0) is 0 Å². The third-order valence-electron chi connectivity index (χ3n) is 4.04. The van der Waals surface area contributed by atoms with E-state index >= 15 is 0 Å². The van der Waals surface area contributed by atoms with Crippen LogP contribution in [0.3, 0.4) is 0 Å². The van der Waals surface area contributed by atoms with E-state index in [0.717, 1.165) is 17.9 Å². The lowest BCUT2D eigenvalue weighted by atomic mass is 10.1. The van der Waals surface area contributed by atoms with Crippen LogP contribution in [-0.4, -0.2) is 37.4 Å². The molecule has 152 valence electrons. The summed E-state index contributed by atoms with van der Waals surface area (Å²) in [5.41, 5.74) is 1.01. The predicted octanol–water partition coefficient (Wildman–Crippen LogP) is 3.72. The number of hydrogen-bond acceptors (Lipinski definition) is 4. The van der Waals surface area contributed by atoms with E-state index in [-0.39, 0.29) is 36.1 Å². The first-order valence-corrected chi connectivity index (χ1v) is 9.05. The van der Waals surface area contributed by atoms with Gasteiger partial charge in [-0.3, -0.25) is 0 Å². The Labute approximate surface area is 181 Å². The lowest BCUT2D eigenvalue weighted by molar-refractivity contribution is 0.182. The molecule has 0 saturated heterocycles. The summed E-state index contributed by atoms with van der Waals surface area (Å²) in [7, 11) is 0. The van der Waals surface area contributed by atoms with E-state index in [1.54, 1.807) is 18.2 Å². The van der Waals surface area contributed by atoms with Gasteiger partial charge < -0.3 is 25.2 Å². The molecule has 0 radical (unpaired) electrons. The highest BCUT2D eigenvalue weighted by atomic mass is 127. The van der Waals surface area contributed by atoms with Crippen molar-refractivity contribution >= 4 is 35.6 Å². The van der Waals surface area contributed by atoms with Crippen molar-refractivity contribution in [3.8, 4) is 11.5 Å². The number of nitrogens with one attached hydrogen (secondary N) is 2. The zero-order chi connectivity index (χ0) is 19.1. The number of guanidine groups is 1. The summed E-state index contributed by atoms with van der Waals surface area (Å²) in [6, 6.07) is 11.7. The average molecular weight is 501 g/mol. The molecule has 1 unspecified atom stereocenters. The van der Waals surface area contributed by atoms with Gasteiger partial charge >= 0.3 is 0 Å². The zero-order valence-electron chi connectivity index (χ0n) is 15.7. The molecule has 2 aromatic rings. The Bertz CT molecular complexity index is 804. The third kappa shape index (κ3) is 5.96. The molecule has 0 amide bonds. The summed E-state index contributed by atoms with van der Waals surface area (Å²) >= 11 is 0. The van der Waals surface area contributed by atoms with Crippen molar-refractivity contribution in [3.63, 3.8) is 0 Å². The van der Waals surface area contributed by atoms with Gasteiger partial charge in [0.05, 0.1) is 19.8 Å². The summed E-state index contributed by atoms with van der Waals surface area (Å²) in [6.45, 7) is 3.86. The van der Waals surface area contributed by atoms with Gasteiger partial charge in [0.1, 0.15) is 11.9 Å². The van der Waals surface area contributed by atoms with E-state index in [2.05, 4.69) is 15.6 Å². The van der Waals surface area contributed by atoms with Gasteiger partial charge in [0, 0.05) is 30.3 Å². The van der Waals surface area contributed by atoms with E-state index in [1.807, 2.05) is 25.1 Å². The molecule has 1 atom stereocenters. The number of ether oxygens (including phenoxy) is 2. The fourth-order valence-corrected chi connectivity index (χ4v) is 2.71. The van der Waals surface area contributed by atoms with E-state index in [0.29, 0.717) is 31.5 Å². The van der Waals surface area contributed by atoms with Gasteiger partial charge in [-0.05, 0) is 25.1 Å². The molecule has 0 fully saturated rings. The average Bonchev–Trinajstić information content (AvgIpc) is 2.91. The van der Waals surface area contributed by atoms with Crippen LogP contribution >= 0.6 is 24.0 Å². The maximum Gasteiger partial charge on any atom is 0.195 e. The van der Waals surface area contributed by atoms with Crippen molar-refractivity contribution in [2.24, 2.45) is 4.99 Å². The van der Waals surface area contributed by atoms with Crippen LogP contribution < -0.4 is 20.1 Å². The molecule has 1 heterocycles. The van der Waals surface area contributed by atoms with Gasteiger partial charge in [0.2, 0.25) is 0 Å². The third-order valence-corrected chi connectivity index (χ3v) is 4.04. The van der Waals surface area contributed by atoms with Crippen molar-refractivity contribution < 1.29 is 19.0 Å². The number of aliphatic hydroxyl groups is 1. The van der Waals surface area contributed by atoms with E-state index in [9.17, 15) is 9.50 Å². The molecular formula is C20H25FIN3O3. The fourth-order valence-electron chi connectivity index (χ4n) is 2.71. The van der Waals surface area contributed by atoms with Gasteiger partial charge in [-0.15, -0.1) is 24.0 Å². The molecule has 0 aromatic heterocycles. The van der Waals surface area contributed by atoms with Crippen LogP contribution in [0.25, 0.3) is 0 Å². The van der Waals surface area contributed by atoms with Gasteiger partial charge in [0.15, 0.2) is 17.5 Å². The number of aliphatic imine (C=N–C) groups is 1. The molecule has 6 nitrogen and oxygen atoms in total. The van der Waals surface area contributed by atoms with E-state index < -0.39 is 11.9 Å². The molecule has 2 aromatic carbocycles. The molecule has 8 heteroatoms. The molecule has 1 aliphatic heterocycles. The highest BCUT2D eigenvalue weighted by Gasteiger charge is 2.13. The minimum absolute atomic E-state index is 0. The van der Waals surface area contributed by atoms with Crippen LogP contribution in [0, 0.1) is 5.82 Å². The number of aliphatic hydroxyl groups excluding tert-OH is 1. The first kappa shape index (κ1) is 22.2. The largest absolute Gasteiger partial charge is 0.490 e. The molecule has 3 N–H and O–H groups in total. The molecular weight excluding hydrogens is 476 g/mol. The molecule has 0 bridgehead atoms. The minimum atomic E-state index is -1.02. The number of fused-ring (bicyclic) bond motifs is 1. The second kappa shape index (κ2) is 11.1. The standard InChI is InChI=1S/C20H24FN3O3.HI/c1-2-22-20(23-13-17(25)15-6-3-4-7-16(15)21)24-14-8-9-18-19(12-14)27-11-5-10-26-18;/h3-4,6-9,12,17,25H,2,5,10-11,13H2,1H3,(H2,22,23,24);1H. The number of hydrogen-bond donors (Lipinski definition) is 3. The quantitative estimate of drug-likeness (QED) is 0.331. The molecule has 0 aliphatic carbocycles. The topological polar surface area (TPSA) is 75.1 Å². The number of nitrogens with zero attached hydrogens (tertiary/aromatic N) is 1. The Kier molecular flexibility index (Phi) is 8.78. The van der Waals surface area contributed by atoms with Gasteiger partial charge in [-0.25, -0.2) is 9.38 Å². The summed E-state index contributed by atoms with van der Waals surface area (Å²) < 4.78 is 25.1. The Morgan fingerprint density at radius 2 is 1.93 bits per heavy atom. The second-order valence-corrected chi connectivity index (χ2v) is 6.09. The lowest BCUT2D eigenvalue weighted by Crippen LogP contribution is -2.31. The summed E-state index contributed by atoms with van der Waals surface area (Å²) in [4.78, 5) is 4.36. The van der Waals surface area contributed by atoms with Crippen LogP contribution in [0.5, 0.6) is 11.5 Å².